The Balaban J connectivity index is 1.84. The number of carbonyl (C=O) groups is 2. The molecule has 13 nitrogen and oxygen atoms in total. The number of urea groups is 1. The van der Waals surface area contributed by atoms with Gasteiger partial charge in [-0.05, 0) is 12.5 Å². The molecule has 0 spiro atoms. The van der Waals surface area contributed by atoms with Crippen LogP contribution in [0, 0.1) is 0 Å². The summed E-state index contributed by atoms with van der Waals surface area (Å²) in [5.41, 5.74) is 0.472. The second-order valence-electron chi connectivity index (χ2n) is 7.58. The summed E-state index contributed by atoms with van der Waals surface area (Å²) < 4.78 is 12.0. The van der Waals surface area contributed by atoms with E-state index in [1.165, 1.54) is 44.6 Å². The minimum atomic E-state index is -0.610. The van der Waals surface area contributed by atoms with Crippen LogP contribution in [0.1, 0.15) is 6.42 Å². The van der Waals surface area contributed by atoms with Crippen LogP contribution in [0.5, 0.6) is 11.5 Å². The van der Waals surface area contributed by atoms with Crippen molar-refractivity contribution in [2.24, 2.45) is 0 Å². The number of aromatic nitrogens is 4. The first kappa shape index (κ1) is 28.5. The van der Waals surface area contributed by atoms with Crippen molar-refractivity contribution in [2.75, 3.05) is 48.7 Å². The van der Waals surface area contributed by atoms with Crippen LogP contribution in [0.25, 0.3) is 0 Å². The molecular formula is C23H26Cl2N8O5. The topological polar surface area (TPSA) is 156 Å². The number of halogens is 2. The number of hydrogen-bond donors (Lipinski definition) is 4. The average molecular weight is 565 g/mol. The number of hydrogen-bond acceptors (Lipinski definition) is 9. The van der Waals surface area contributed by atoms with Crippen LogP contribution in [0.2, 0.25) is 10.0 Å². The molecule has 4 N–H and O–H groups in total. The van der Waals surface area contributed by atoms with E-state index in [1.807, 2.05) is 0 Å². The largest absolute Gasteiger partial charge is 0.495 e. The number of anilines is 5. The summed E-state index contributed by atoms with van der Waals surface area (Å²) in [5.74, 6) is 0.890. The Labute approximate surface area is 228 Å². The number of aryl methyl sites for hydroxylation is 1. The van der Waals surface area contributed by atoms with Crippen molar-refractivity contribution in [3.63, 3.8) is 0 Å². The number of ether oxygens (including phenoxy) is 2. The molecule has 0 aliphatic carbocycles. The zero-order valence-electron chi connectivity index (χ0n) is 20.8. The van der Waals surface area contributed by atoms with Crippen molar-refractivity contribution >= 4 is 64.0 Å². The lowest BCUT2D eigenvalue weighted by molar-refractivity contribution is -0.111. The van der Waals surface area contributed by atoms with Gasteiger partial charge >= 0.3 is 6.03 Å². The summed E-state index contributed by atoms with van der Waals surface area (Å²) in [6.07, 6.45) is 4.46. The molecule has 0 saturated heterocycles. The SMILES string of the molecule is C=CC(=O)Nc1cn(CCCO)nc1Nc1cc(N(C)C(=O)Nc2c(Cl)c(OC)cc(OC)c2Cl)ncn1. The fourth-order valence-corrected chi connectivity index (χ4v) is 3.74. The third-order valence-corrected chi connectivity index (χ3v) is 5.85. The Morgan fingerprint density at radius 3 is 2.45 bits per heavy atom. The fourth-order valence-electron chi connectivity index (χ4n) is 3.15. The highest BCUT2D eigenvalue weighted by atomic mass is 35.5. The average Bonchev–Trinajstić information content (AvgIpc) is 3.29. The van der Waals surface area contributed by atoms with E-state index in [-0.39, 0.29) is 51.3 Å². The van der Waals surface area contributed by atoms with Gasteiger partial charge in [-0.2, -0.15) is 5.10 Å². The number of benzene rings is 1. The third-order valence-electron chi connectivity index (χ3n) is 5.10. The van der Waals surface area contributed by atoms with Gasteiger partial charge in [-0.25, -0.2) is 14.8 Å². The standard InChI is InChI=1S/C23H26Cl2N8O5/c1-5-18(35)28-13-11-33(7-6-8-34)31-22(13)29-16-10-17(27-12-26-16)32(2)23(36)30-21-19(24)14(37-3)9-15(38-4)20(21)25/h5,9-12,34H,1,6-8H2,2-4H3,(H,28,35)(H,30,36)(H,26,27,29,31). The highest BCUT2D eigenvalue weighted by Gasteiger charge is 2.22. The van der Waals surface area contributed by atoms with Crippen LogP contribution < -0.4 is 30.3 Å². The van der Waals surface area contributed by atoms with Crippen molar-refractivity contribution in [3.8, 4) is 11.5 Å². The van der Waals surface area contributed by atoms with Gasteiger partial charge in [0.2, 0.25) is 5.91 Å². The first-order valence-electron chi connectivity index (χ1n) is 11.1. The lowest BCUT2D eigenvalue weighted by atomic mass is 10.2. The van der Waals surface area contributed by atoms with Gasteiger partial charge in [-0.1, -0.05) is 29.8 Å². The van der Waals surface area contributed by atoms with Gasteiger partial charge in [0.15, 0.2) is 5.82 Å². The summed E-state index contributed by atoms with van der Waals surface area (Å²) in [5, 5.41) is 22.0. The minimum Gasteiger partial charge on any atom is -0.495 e. The Hall–Kier alpha value is -4.07. The van der Waals surface area contributed by atoms with E-state index in [1.54, 1.807) is 10.9 Å². The lowest BCUT2D eigenvalue weighted by Gasteiger charge is -2.20. The third kappa shape index (κ3) is 6.62. The Morgan fingerprint density at radius 1 is 1.16 bits per heavy atom. The van der Waals surface area contributed by atoms with Crippen molar-refractivity contribution in [1.29, 1.82) is 0 Å². The number of nitrogens with one attached hydrogen (secondary N) is 3. The summed E-state index contributed by atoms with van der Waals surface area (Å²) in [4.78, 5) is 34.4. The van der Waals surface area contributed by atoms with Gasteiger partial charge in [0.1, 0.15) is 45.2 Å². The summed E-state index contributed by atoms with van der Waals surface area (Å²) in [6, 6.07) is 2.39. The van der Waals surface area contributed by atoms with Gasteiger partial charge in [0, 0.05) is 32.3 Å². The number of aliphatic hydroxyl groups is 1. The Morgan fingerprint density at radius 2 is 1.84 bits per heavy atom. The predicted molar refractivity (Wildman–Crippen MR) is 145 cm³/mol. The second kappa shape index (κ2) is 12.9. The van der Waals surface area contributed by atoms with Gasteiger partial charge in [0.25, 0.3) is 0 Å². The van der Waals surface area contributed by atoms with E-state index in [9.17, 15) is 9.59 Å². The van der Waals surface area contributed by atoms with Gasteiger partial charge in [-0.15, -0.1) is 0 Å². The molecule has 3 rings (SSSR count). The van der Waals surface area contributed by atoms with E-state index in [4.69, 9.17) is 37.8 Å². The molecule has 2 heterocycles. The normalized spacial score (nSPS) is 10.5. The number of carbonyl (C=O) groups excluding carboxylic acids is 2. The van der Waals surface area contributed by atoms with Crippen LogP contribution in [-0.4, -0.2) is 64.7 Å². The molecule has 0 atom stereocenters. The first-order chi connectivity index (χ1) is 18.2. The fraction of sp³-hybridized carbons (Fsp3) is 0.261. The lowest BCUT2D eigenvalue weighted by Crippen LogP contribution is -2.32. The smallest absolute Gasteiger partial charge is 0.327 e. The predicted octanol–water partition coefficient (Wildman–Crippen LogP) is 3.92. The van der Waals surface area contributed by atoms with E-state index < -0.39 is 11.9 Å². The maximum Gasteiger partial charge on any atom is 0.327 e. The van der Waals surface area contributed by atoms with Gasteiger partial charge < -0.3 is 30.5 Å². The molecule has 38 heavy (non-hydrogen) atoms. The molecule has 202 valence electrons. The van der Waals surface area contributed by atoms with E-state index in [0.29, 0.717) is 18.7 Å². The number of rotatable bonds is 11. The molecule has 15 heteroatoms. The number of aliphatic hydroxyl groups excluding tert-OH is 1. The molecule has 1 aromatic carbocycles. The zero-order chi connectivity index (χ0) is 27.8. The highest BCUT2D eigenvalue weighted by molar-refractivity contribution is 6.41. The molecule has 0 fully saturated rings. The summed E-state index contributed by atoms with van der Waals surface area (Å²) in [7, 11) is 4.33. The van der Waals surface area contributed by atoms with Crippen LogP contribution in [-0.2, 0) is 11.3 Å². The molecule has 0 radical (unpaired) electrons. The van der Waals surface area contributed by atoms with Crippen LogP contribution in [0.4, 0.5) is 33.6 Å². The van der Waals surface area contributed by atoms with Crippen molar-refractivity contribution in [3.05, 3.63) is 47.4 Å². The maximum atomic E-state index is 13.0. The second-order valence-corrected chi connectivity index (χ2v) is 8.34. The number of amides is 3. The number of nitrogens with zero attached hydrogens (tertiary/aromatic N) is 5. The van der Waals surface area contributed by atoms with Crippen LogP contribution in [0.15, 0.2) is 37.3 Å². The van der Waals surface area contributed by atoms with Crippen molar-refractivity contribution in [1.82, 2.24) is 19.7 Å². The quantitative estimate of drug-likeness (QED) is 0.253. The molecule has 0 bridgehead atoms. The highest BCUT2D eigenvalue weighted by Crippen LogP contribution is 2.44. The van der Waals surface area contributed by atoms with E-state index in [2.05, 4.69) is 37.6 Å². The van der Waals surface area contributed by atoms with Gasteiger partial charge in [0.05, 0.1) is 26.1 Å². The molecule has 3 aromatic rings. The van der Waals surface area contributed by atoms with E-state index >= 15 is 0 Å². The molecule has 0 aliphatic rings. The maximum absolute atomic E-state index is 13.0. The Bertz CT molecular complexity index is 1310. The van der Waals surface area contributed by atoms with Crippen molar-refractivity contribution in [2.45, 2.75) is 13.0 Å². The Kier molecular flexibility index (Phi) is 9.71. The molecule has 0 aliphatic heterocycles. The van der Waals surface area contributed by atoms with Crippen molar-refractivity contribution < 1.29 is 24.2 Å². The molecule has 0 unspecified atom stereocenters. The molecule has 2 aromatic heterocycles. The summed E-state index contributed by atoms with van der Waals surface area (Å²) >= 11 is 12.7. The van der Waals surface area contributed by atoms with Crippen LogP contribution >= 0.6 is 23.2 Å². The van der Waals surface area contributed by atoms with Crippen LogP contribution in [0.3, 0.4) is 0 Å². The molecule has 3 amide bonds. The zero-order valence-corrected chi connectivity index (χ0v) is 22.3. The first-order valence-corrected chi connectivity index (χ1v) is 11.8. The minimum absolute atomic E-state index is 0.0143. The molecule has 0 saturated carbocycles. The van der Waals surface area contributed by atoms with E-state index in [0.717, 1.165) is 6.08 Å². The summed E-state index contributed by atoms with van der Waals surface area (Å²) in [6.45, 7) is 3.86. The molecular weight excluding hydrogens is 539 g/mol. The monoisotopic (exact) mass is 564 g/mol. The number of methoxy groups -OCH3 is 2. The van der Waals surface area contributed by atoms with Gasteiger partial charge in [-0.3, -0.25) is 14.4 Å².